The van der Waals surface area contributed by atoms with Gasteiger partial charge in [-0.1, -0.05) is 31.2 Å². The van der Waals surface area contributed by atoms with Crippen molar-refractivity contribution in [2.45, 2.75) is 18.7 Å². The van der Waals surface area contributed by atoms with Gasteiger partial charge in [0.15, 0.2) is 0 Å². The van der Waals surface area contributed by atoms with Crippen molar-refractivity contribution in [1.82, 2.24) is 4.90 Å². The Balaban J connectivity index is 2.08. The minimum Gasteiger partial charge on any atom is -0.309 e. The second-order valence-electron chi connectivity index (χ2n) is 5.12. The molecule has 2 rings (SSSR count). The van der Waals surface area contributed by atoms with Gasteiger partial charge in [0.2, 0.25) is 5.91 Å². The number of anilines is 1. The molecule has 0 spiro atoms. The topological polar surface area (TPSA) is 23.6 Å². The molecule has 0 saturated carbocycles. The molecule has 20 heavy (non-hydrogen) atoms. The van der Waals surface area contributed by atoms with Crippen molar-refractivity contribution in [1.29, 1.82) is 0 Å². The van der Waals surface area contributed by atoms with E-state index in [4.69, 9.17) is 0 Å². The van der Waals surface area contributed by atoms with Gasteiger partial charge < -0.3 is 4.90 Å². The van der Waals surface area contributed by atoms with Crippen LogP contribution in [0.15, 0.2) is 41.3 Å². The first-order chi connectivity index (χ1) is 9.61. The van der Waals surface area contributed by atoms with E-state index in [1.807, 2.05) is 41.8 Å². The summed E-state index contributed by atoms with van der Waals surface area (Å²) in [7, 11) is 0. The number of amides is 1. The molecule has 0 radical (unpaired) electrons. The molecule has 0 fully saturated rings. The smallest absolute Gasteiger partial charge is 0.241 e. The third-order valence-electron chi connectivity index (χ3n) is 3.33. The molecular formula is C16H22N2OS. The van der Waals surface area contributed by atoms with Gasteiger partial charge in [-0.3, -0.25) is 9.69 Å². The second-order valence-corrected chi connectivity index (χ2v) is 6.26. The maximum absolute atomic E-state index is 12.6. The summed E-state index contributed by atoms with van der Waals surface area (Å²) >= 11 is 1.82. The highest BCUT2D eigenvalue weighted by atomic mass is 32.2. The van der Waals surface area contributed by atoms with Crippen LogP contribution in [-0.2, 0) is 4.79 Å². The number of hydrogen-bond donors (Lipinski definition) is 0. The lowest BCUT2D eigenvalue weighted by Gasteiger charge is -2.31. The van der Waals surface area contributed by atoms with Crippen LogP contribution in [0.4, 0.5) is 5.69 Å². The number of hydrogen-bond acceptors (Lipinski definition) is 3. The maximum atomic E-state index is 12.6. The number of rotatable bonds is 5. The highest BCUT2D eigenvalue weighted by Crippen LogP contribution is 2.34. The van der Waals surface area contributed by atoms with Crippen LogP contribution in [0, 0.1) is 0 Å². The summed E-state index contributed by atoms with van der Waals surface area (Å²) in [4.78, 5) is 17.8. The molecule has 4 heteroatoms. The number of carbonyl (C=O) groups excluding carboxylic acids is 1. The van der Waals surface area contributed by atoms with Crippen LogP contribution >= 0.6 is 11.8 Å². The first kappa shape index (κ1) is 15.1. The van der Waals surface area contributed by atoms with Crippen LogP contribution in [-0.4, -0.2) is 42.7 Å². The van der Waals surface area contributed by atoms with Gasteiger partial charge >= 0.3 is 0 Å². The second kappa shape index (κ2) is 6.95. The predicted octanol–water partition coefficient (Wildman–Crippen LogP) is 3.02. The average molecular weight is 290 g/mol. The summed E-state index contributed by atoms with van der Waals surface area (Å²) in [6.07, 6.45) is 0. The Hall–Kier alpha value is -1.26. The Bertz CT molecular complexity index is 501. The normalized spacial score (nSPS) is 14.2. The number of fused-ring (bicyclic) bond motifs is 1. The van der Waals surface area contributed by atoms with Gasteiger partial charge in [-0.2, -0.15) is 0 Å². The highest BCUT2D eigenvalue weighted by molar-refractivity contribution is 7.99. The molecule has 108 valence electrons. The Labute approximate surface area is 125 Å². The van der Waals surface area contributed by atoms with Crippen molar-refractivity contribution in [2.24, 2.45) is 0 Å². The molecule has 1 aliphatic heterocycles. The summed E-state index contributed by atoms with van der Waals surface area (Å²) < 4.78 is 0. The summed E-state index contributed by atoms with van der Waals surface area (Å²) in [5.74, 6) is 1.15. The Morgan fingerprint density at radius 2 is 2.15 bits per heavy atom. The quantitative estimate of drug-likeness (QED) is 0.779. The predicted molar refractivity (Wildman–Crippen MR) is 86.4 cm³/mol. The number of benzene rings is 1. The third-order valence-corrected chi connectivity index (χ3v) is 4.37. The fourth-order valence-electron chi connectivity index (χ4n) is 2.37. The summed E-state index contributed by atoms with van der Waals surface area (Å²) in [6, 6.07) is 8.15. The van der Waals surface area contributed by atoms with E-state index < -0.39 is 0 Å². The Morgan fingerprint density at radius 1 is 1.40 bits per heavy atom. The molecule has 0 aliphatic carbocycles. The molecule has 1 heterocycles. The van der Waals surface area contributed by atoms with Crippen LogP contribution in [0.3, 0.4) is 0 Å². The van der Waals surface area contributed by atoms with Crippen LogP contribution in [0.1, 0.15) is 13.8 Å². The standard InChI is InChI=1S/C16H22N2OS/c1-4-17(11-13(2)3)12-16(19)18-9-10-20-15-8-6-5-7-14(15)18/h5-8H,2,4,9-12H2,1,3H3. The lowest BCUT2D eigenvalue weighted by molar-refractivity contribution is -0.119. The van der Waals surface area contributed by atoms with Crippen LogP contribution in [0.5, 0.6) is 0 Å². The van der Waals surface area contributed by atoms with Crippen molar-refractivity contribution in [3.63, 3.8) is 0 Å². The monoisotopic (exact) mass is 290 g/mol. The number of para-hydroxylation sites is 1. The third kappa shape index (κ3) is 3.64. The van der Waals surface area contributed by atoms with Crippen LogP contribution in [0.25, 0.3) is 0 Å². The highest BCUT2D eigenvalue weighted by Gasteiger charge is 2.23. The number of nitrogens with zero attached hydrogens (tertiary/aromatic N) is 2. The Kier molecular flexibility index (Phi) is 5.26. The zero-order valence-electron chi connectivity index (χ0n) is 12.3. The van der Waals surface area contributed by atoms with Crippen molar-refractivity contribution >= 4 is 23.4 Å². The van der Waals surface area contributed by atoms with Gasteiger partial charge in [0.25, 0.3) is 0 Å². The van der Waals surface area contributed by atoms with Crippen molar-refractivity contribution in [3.8, 4) is 0 Å². The van der Waals surface area contributed by atoms with E-state index in [0.717, 1.165) is 36.6 Å². The summed E-state index contributed by atoms with van der Waals surface area (Å²) in [5.41, 5.74) is 2.15. The molecule has 1 aromatic rings. The number of thioether (sulfide) groups is 1. The minimum absolute atomic E-state index is 0.181. The van der Waals surface area contributed by atoms with Gasteiger partial charge in [0, 0.05) is 23.7 Å². The van der Waals surface area contributed by atoms with Crippen molar-refractivity contribution in [2.75, 3.05) is 36.8 Å². The molecule has 3 nitrogen and oxygen atoms in total. The van der Waals surface area contributed by atoms with Crippen molar-refractivity contribution < 1.29 is 4.79 Å². The molecule has 0 N–H and O–H groups in total. The van der Waals surface area contributed by atoms with Crippen molar-refractivity contribution in [3.05, 3.63) is 36.4 Å². The average Bonchev–Trinajstić information content (AvgIpc) is 2.45. The largest absolute Gasteiger partial charge is 0.309 e. The number of carbonyl (C=O) groups is 1. The minimum atomic E-state index is 0.181. The maximum Gasteiger partial charge on any atom is 0.241 e. The van der Waals surface area contributed by atoms with E-state index in [1.165, 1.54) is 4.90 Å². The fourth-order valence-corrected chi connectivity index (χ4v) is 3.36. The molecule has 1 aromatic carbocycles. The van der Waals surface area contributed by atoms with E-state index in [-0.39, 0.29) is 5.91 Å². The molecule has 1 amide bonds. The fraction of sp³-hybridized carbons (Fsp3) is 0.438. The molecule has 0 unspecified atom stereocenters. The van der Waals surface area contributed by atoms with Gasteiger partial charge in [-0.15, -0.1) is 11.8 Å². The zero-order valence-corrected chi connectivity index (χ0v) is 13.1. The van der Waals surface area contributed by atoms with Gasteiger partial charge in [-0.25, -0.2) is 0 Å². The summed E-state index contributed by atoms with van der Waals surface area (Å²) in [6.45, 7) is 10.9. The lowest BCUT2D eigenvalue weighted by Crippen LogP contribution is -2.43. The first-order valence-corrected chi connectivity index (χ1v) is 7.99. The molecular weight excluding hydrogens is 268 g/mol. The lowest BCUT2D eigenvalue weighted by atomic mass is 10.2. The molecule has 0 saturated heterocycles. The molecule has 0 aromatic heterocycles. The van der Waals surface area contributed by atoms with E-state index >= 15 is 0 Å². The van der Waals surface area contributed by atoms with Crippen LogP contribution in [0.2, 0.25) is 0 Å². The van der Waals surface area contributed by atoms with Gasteiger partial charge in [-0.05, 0) is 25.6 Å². The first-order valence-electron chi connectivity index (χ1n) is 7.00. The van der Waals surface area contributed by atoms with E-state index in [0.29, 0.717) is 6.54 Å². The number of likely N-dealkylation sites (N-methyl/N-ethyl adjacent to an activating group) is 1. The molecule has 0 bridgehead atoms. The van der Waals surface area contributed by atoms with Crippen LogP contribution < -0.4 is 4.90 Å². The molecule has 1 aliphatic rings. The van der Waals surface area contributed by atoms with Gasteiger partial charge in [0.1, 0.15) is 0 Å². The Morgan fingerprint density at radius 3 is 2.85 bits per heavy atom. The zero-order chi connectivity index (χ0) is 14.5. The van der Waals surface area contributed by atoms with E-state index in [9.17, 15) is 4.79 Å². The molecule has 0 atom stereocenters. The summed E-state index contributed by atoms with van der Waals surface area (Å²) in [5, 5.41) is 0. The van der Waals surface area contributed by atoms with E-state index in [2.05, 4.69) is 24.5 Å². The van der Waals surface area contributed by atoms with Gasteiger partial charge in [0.05, 0.1) is 12.2 Å². The van der Waals surface area contributed by atoms with E-state index in [1.54, 1.807) is 0 Å². The SMILES string of the molecule is C=C(C)CN(CC)CC(=O)N1CCSc2ccccc21.